The van der Waals surface area contributed by atoms with Crippen molar-refractivity contribution in [1.29, 1.82) is 0 Å². The van der Waals surface area contributed by atoms with E-state index in [9.17, 15) is 0 Å². The Morgan fingerprint density at radius 3 is 2.35 bits per heavy atom. The molecule has 0 spiro atoms. The summed E-state index contributed by atoms with van der Waals surface area (Å²) in [5, 5.41) is 8.81. The van der Waals surface area contributed by atoms with E-state index < -0.39 is 0 Å². The van der Waals surface area contributed by atoms with Crippen LogP contribution >= 0.6 is 0 Å². The van der Waals surface area contributed by atoms with Gasteiger partial charge in [-0.25, -0.2) is 0 Å². The van der Waals surface area contributed by atoms with Crippen LogP contribution in [0.5, 0.6) is 5.75 Å². The average Bonchev–Trinajstić information content (AvgIpc) is 2.52. The van der Waals surface area contributed by atoms with Crippen molar-refractivity contribution in [1.82, 2.24) is 0 Å². The van der Waals surface area contributed by atoms with Crippen LogP contribution in [0, 0.1) is 0 Å². The van der Waals surface area contributed by atoms with Crippen LogP contribution in [0.3, 0.4) is 0 Å². The van der Waals surface area contributed by atoms with E-state index in [-0.39, 0.29) is 12.6 Å². The maximum absolute atomic E-state index is 8.81. The summed E-state index contributed by atoms with van der Waals surface area (Å²) in [6.45, 7) is 0.753. The van der Waals surface area contributed by atoms with Crippen molar-refractivity contribution in [3.8, 4) is 5.75 Å². The van der Waals surface area contributed by atoms with Gasteiger partial charge in [-0.1, -0.05) is 42.5 Å². The first-order chi connectivity index (χ1) is 9.79. The summed E-state index contributed by atoms with van der Waals surface area (Å²) in [5.41, 5.74) is 8.27. The summed E-state index contributed by atoms with van der Waals surface area (Å²) in [7, 11) is 0. The molecule has 2 aromatic carbocycles. The standard InChI is InChI=1S/C17H21NO2/c18-17(7-4-12-19)15-8-10-16(11-9-15)20-13-14-5-2-1-3-6-14/h1-3,5-6,8-11,17,19H,4,7,12-13,18H2/t17-/m1/s1. The van der Waals surface area contributed by atoms with Gasteiger partial charge in [-0.3, -0.25) is 0 Å². The van der Waals surface area contributed by atoms with Crippen molar-refractivity contribution in [2.75, 3.05) is 6.61 Å². The van der Waals surface area contributed by atoms with Crippen molar-refractivity contribution >= 4 is 0 Å². The van der Waals surface area contributed by atoms with Crippen LogP contribution in [0.1, 0.15) is 30.0 Å². The summed E-state index contributed by atoms with van der Waals surface area (Å²) in [6, 6.07) is 17.9. The second-order valence-electron chi connectivity index (χ2n) is 4.82. The molecule has 0 saturated carbocycles. The zero-order valence-electron chi connectivity index (χ0n) is 11.5. The predicted molar refractivity (Wildman–Crippen MR) is 80.5 cm³/mol. The third-order valence-electron chi connectivity index (χ3n) is 3.23. The number of hydrogen-bond acceptors (Lipinski definition) is 3. The molecule has 0 radical (unpaired) electrons. The second-order valence-corrected chi connectivity index (χ2v) is 4.82. The first-order valence-electron chi connectivity index (χ1n) is 6.92. The van der Waals surface area contributed by atoms with Crippen LogP contribution in [0.25, 0.3) is 0 Å². The van der Waals surface area contributed by atoms with Gasteiger partial charge in [0.1, 0.15) is 12.4 Å². The molecule has 0 saturated heterocycles. The summed E-state index contributed by atoms with van der Waals surface area (Å²) in [5.74, 6) is 0.840. The fraction of sp³-hybridized carbons (Fsp3) is 0.294. The topological polar surface area (TPSA) is 55.5 Å². The number of nitrogens with two attached hydrogens (primary N) is 1. The first-order valence-corrected chi connectivity index (χ1v) is 6.92. The fourth-order valence-electron chi connectivity index (χ4n) is 2.03. The van der Waals surface area contributed by atoms with E-state index in [0.717, 1.165) is 29.7 Å². The monoisotopic (exact) mass is 271 g/mol. The molecule has 0 aliphatic heterocycles. The van der Waals surface area contributed by atoms with E-state index in [1.54, 1.807) is 0 Å². The minimum atomic E-state index is -0.0228. The Hall–Kier alpha value is -1.84. The maximum Gasteiger partial charge on any atom is 0.119 e. The molecule has 0 unspecified atom stereocenters. The maximum atomic E-state index is 8.81. The van der Waals surface area contributed by atoms with E-state index in [2.05, 4.69) is 0 Å². The normalized spacial score (nSPS) is 12.1. The van der Waals surface area contributed by atoms with E-state index in [1.165, 1.54) is 0 Å². The number of hydrogen-bond donors (Lipinski definition) is 2. The summed E-state index contributed by atoms with van der Waals surface area (Å²) < 4.78 is 5.73. The molecule has 0 aliphatic rings. The lowest BCUT2D eigenvalue weighted by molar-refractivity contribution is 0.280. The largest absolute Gasteiger partial charge is 0.489 e. The lowest BCUT2D eigenvalue weighted by Gasteiger charge is -2.12. The molecule has 0 heterocycles. The van der Waals surface area contributed by atoms with Crippen molar-refractivity contribution in [3.63, 3.8) is 0 Å². The minimum Gasteiger partial charge on any atom is -0.489 e. The molecule has 3 nitrogen and oxygen atoms in total. The number of rotatable bonds is 7. The predicted octanol–water partition coefficient (Wildman–Crippen LogP) is 3.04. The molecule has 0 aromatic heterocycles. The third kappa shape index (κ3) is 4.37. The third-order valence-corrected chi connectivity index (χ3v) is 3.23. The van der Waals surface area contributed by atoms with Gasteiger partial charge in [-0.15, -0.1) is 0 Å². The van der Waals surface area contributed by atoms with Gasteiger partial charge < -0.3 is 15.6 Å². The molecule has 0 fully saturated rings. The Kier molecular flexibility index (Phi) is 5.59. The van der Waals surface area contributed by atoms with Gasteiger partial charge in [0.15, 0.2) is 0 Å². The molecular weight excluding hydrogens is 250 g/mol. The van der Waals surface area contributed by atoms with Crippen molar-refractivity contribution in [3.05, 3.63) is 65.7 Å². The van der Waals surface area contributed by atoms with Crippen LogP contribution in [-0.2, 0) is 6.61 Å². The number of ether oxygens (including phenoxy) is 1. The second kappa shape index (κ2) is 7.68. The minimum absolute atomic E-state index is 0.0228. The van der Waals surface area contributed by atoms with Crippen LogP contribution < -0.4 is 10.5 Å². The lowest BCUT2D eigenvalue weighted by Crippen LogP contribution is -2.10. The van der Waals surface area contributed by atoms with E-state index in [4.69, 9.17) is 15.6 Å². The molecule has 3 N–H and O–H groups in total. The lowest BCUT2D eigenvalue weighted by atomic mass is 10.0. The highest BCUT2D eigenvalue weighted by atomic mass is 16.5. The van der Waals surface area contributed by atoms with Crippen LogP contribution in [-0.4, -0.2) is 11.7 Å². The van der Waals surface area contributed by atoms with Crippen molar-refractivity contribution in [2.24, 2.45) is 5.73 Å². The Balaban J connectivity index is 1.88. The van der Waals surface area contributed by atoms with Gasteiger partial charge in [0.25, 0.3) is 0 Å². The molecule has 0 amide bonds. The quantitative estimate of drug-likeness (QED) is 0.814. The Morgan fingerprint density at radius 2 is 1.70 bits per heavy atom. The Bertz CT molecular complexity index is 496. The van der Waals surface area contributed by atoms with Gasteiger partial charge >= 0.3 is 0 Å². The van der Waals surface area contributed by atoms with E-state index in [1.807, 2.05) is 54.6 Å². The van der Waals surface area contributed by atoms with Crippen LogP contribution in [0.4, 0.5) is 0 Å². The highest BCUT2D eigenvalue weighted by molar-refractivity contribution is 5.29. The van der Waals surface area contributed by atoms with Gasteiger partial charge in [0.05, 0.1) is 0 Å². The van der Waals surface area contributed by atoms with Crippen molar-refractivity contribution < 1.29 is 9.84 Å². The van der Waals surface area contributed by atoms with E-state index >= 15 is 0 Å². The SMILES string of the molecule is N[C@H](CCCO)c1ccc(OCc2ccccc2)cc1. The molecule has 0 bridgehead atoms. The summed E-state index contributed by atoms with van der Waals surface area (Å²) in [4.78, 5) is 0. The zero-order chi connectivity index (χ0) is 14.2. The van der Waals surface area contributed by atoms with Gasteiger partial charge in [0, 0.05) is 12.6 Å². The van der Waals surface area contributed by atoms with Gasteiger partial charge in [-0.05, 0) is 36.1 Å². The average molecular weight is 271 g/mol. The van der Waals surface area contributed by atoms with E-state index in [0.29, 0.717) is 6.61 Å². The molecule has 106 valence electrons. The Morgan fingerprint density at radius 1 is 1.00 bits per heavy atom. The highest BCUT2D eigenvalue weighted by Crippen LogP contribution is 2.20. The van der Waals surface area contributed by atoms with Gasteiger partial charge in [-0.2, -0.15) is 0 Å². The summed E-state index contributed by atoms with van der Waals surface area (Å²) in [6.07, 6.45) is 1.52. The molecule has 20 heavy (non-hydrogen) atoms. The van der Waals surface area contributed by atoms with Gasteiger partial charge in [0.2, 0.25) is 0 Å². The first kappa shape index (κ1) is 14.6. The smallest absolute Gasteiger partial charge is 0.119 e. The van der Waals surface area contributed by atoms with Crippen LogP contribution in [0.15, 0.2) is 54.6 Å². The molecule has 2 aromatic rings. The molecule has 2 rings (SSSR count). The van der Waals surface area contributed by atoms with Crippen molar-refractivity contribution in [2.45, 2.75) is 25.5 Å². The number of aliphatic hydroxyl groups is 1. The molecular formula is C17H21NO2. The fourth-order valence-corrected chi connectivity index (χ4v) is 2.03. The molecule has 3 heteroatoms. The molecule has 1 atom stereocenters. The number of benzene rings is 2. The zero-order valence-corrected chi connectivity index (χ0v) is 11.5. The highest BCUT2D eigenvalue weighted by Gasteiger charge is 2.05. The summed E-state index contributed by atoms with van der Waals surface area (Å²) >= 11 is 0. The number of aliphatic hydroxyl groups excluding tert-OH is 1. The van der Waals surface area contributed by atoms with Crippen LogP contribution in [0.2, 0.25) is 0 Å². The Labute approximate surface area is 120 Å². The molecule has 0 aliphatic carbocycles.